The zero-order chi connectivity index (χ0) is 12.5. The van der Waals surface area contributed by atoms with Gasteiger partial charge in [-0.15, -0.1) is 0 Å². The molecule has 0 radical (unpaired) electrons. The van der Waals surface area contributed by atoms with E-state index in [0.717, 1.165) is 5.75 Å². The first-order valence-electron chi connectivity index (χ1n) is 5.99. The second-order valence-corrected chi connectivity index (χ2v) is 4.49. The highest BCUT2D eigenvalue weighted by atomic mass is 16.5. The third-order valence-corrected chi connectivity index (χ3v) is 3.18. The lowest BCUT2D eigenvalue weighted by Gasteiger charge is -2.00. The number of hydrogen-bond acceptors (Lipinski definition) is 1. The summed E-state index contributed by atoms with van der Waals surface area (Å²) in [6, 6.07) is 14.7. The molecule has 1 aromatic carbocycles. The van der Waals surface area contributed by atoms with Crippen molar-refractivity contribution in [3.63, 3.8) is 0 Å². The number of aryl methyl sites for hydroxylation is 1. The van der Waals surface area contributed by atoms with Gasteiger partial charge in [-0.05, 0) is 48.4 Å². The van der Waals surface area contributed by atoms with E-state index in [9.17, 15) is 0 Å². The Labute approximate surface area is 106 Å². The first kappa shape index (κ1) is 10.9. The molecular formula is C16H15NO. The average molecular weight is 237 g/mol. The molecule has 0 amide bonds. The Morgan fingerprint density at radius 2 is 1.72 bits per heavy atom. The largest absolute Gasteiger partial charge is 0.497 e. The van der Waals surface area contributed by atoms with Crippen molar-refractivity contribution in [2.75, 3.05) is 7.11 Å². The predicted molar refractivity (Wildman–Crippen MR) is 74.1 cm³/mol. The molecule has 3 aromatic rings. The molecule has 0 N–H and O–H groups in total. The lowest BCUT2D eigenvalue weighted by atomic mass is 10.1. The summed E-state index contributed by atoms with van der Waals surface area (Å²) in [4.78, 5) is 0. The number of methoxy groups -OCH3 is 1. The molecule has 2 heteroatoms. The third-order valence-electron chi connectivity index (χ3n) is 3.18. The van der Waals surface area contributed by atoms with Crippen molar-refractivity contribution in [3.8, 4) is 16.9 Å². The fourth-order valence-electron chi connectivity index (χ4n) is 2.16. The van der Waals surface area contributed by atoms with Crippen LogP contribution in [-0.4, -0.2) is 11.5 Å². The molecule has 0 aliphatic rings. The summed E-state index contributed by atoms with van der Waals surface area (Å²) in [6.07, 6.45) is 4.24. The Kier molecular flexibility index (Phi) is 2.56. The van der Waals surface area contributed by atoms with Gasteiger partial charge in [-0.1, -0.05) is 12.1 Å². The highest BCUT2D eigenvalue weighted by Gasteiger charge is 2.02. The number of benzene rings is 1. The van der Waals surface area contributed by atoms with Gasteiger partial charge in [0.2, 0.25) is 0 Å². The molecule has 0 atom stereocenters. The van der Waals surface area contributed by atoms with Gasteiger partial charge in [0.1, 0.15) is 5.75 Å². The molecule has 0 bridgehead atoms. The summed E-state index contributed by atoms with van der Waals surface area (Å²) in [5.74, 6) is 0.887. The Balaban J connectivity index is 2.07. The van der Waals surface area contributed by atoms with Gasteiger partial charge in [-0.25, -0.2) is 0 Å². The maximum absolute atomic E-state index is 5.17. The molecule has 2 aromatic heterocycles. The van der Waals surface area contributed by atoms with Crippen LogP contribution in [0.5, 0.6) is 5.75 Å². The fourth-order valence-corrected chi connectivity index (χ4v) is 2.16. The summed E-state index contributed by atoms with van der Waals surface area (Å²) < 4.78 is 7.32. The van der Waals surface area contributed by atoms with Crippen molar-refractivity contribution in [2.24, 2.45) is 0 Å². The van der Waals surface area contributed by atoms with E-state index in [1.807, 2.05) is 12.1 Å². The van der Waals surface area contributed by atoms with Crippen LogP contribution in [0.3, 0.4) is 0 Å². The molecule has 2 nitrogen and oxygen atoms in total. The maximum Gasteiger partial charge on any atom is 0.118 e. The standard InChI is InChI=1S/C16H15NO/c1-12-7-8-17-11-14(10-15(17)9-12)13-3-5-16(18-2)6-4-13/h3-11H,1-2H3. The normalized spacial score (nSPS) is 10.8. The maximum atomic E-state index is 5.17. The number of fused-ring (bicyclic) bond motifs is 1. The zero-order valence-corrected chi connectivity index (χ0v) is 10.6. The average Bonchev–Trinajstić information content (AvgIpc) is 2.81. The predicted octanol–water partition coefficient (Wildman–Crippen LogP) is 3.92. The van der Waals surface area contributed by atoms with E-state index in [2.05, 4.69) is 54.0 Å². The van der Waals surface area contributed by atoms with Crippen molar-refractivity contribution in [1.82, 2.24) is 4.40 Å². The van der Waals surface area contributed by atoms with E-state index in [0.29, 0.717) is 0 Å². The van der Waals surface area contributed by atoms with Crippen LogP contribution < -0.4 is 4.74 Å². The van der Waals surface area contributed by atoms with E-state index in [4.69, 9.17) is 4.74 Å². The quantitative estimate of drug-likeness (QED) is 0.658. The van der Waals surface area contributed by atoms with Crippen LogP contribution >= 0.6 is 0 Å². The van der Waals surface area contributed by atoms with Gasteiger partial charge in [0.25, 0.3) is 0 Å². The lowest BCUT2D eigenvalue weighted by molar-refractivity contribution is 0.415. The Morgan fingerprint density at radius 3 is 2.44 bits per heavy atom. The van der Waals surface area contributed by atoms with Crippen LogP contribution in [0.2, 0.25) is 0 Å². The molecule has 0 spiro atoms. The van der Waals surface area contributed by atoms with Crippen molar-refractivity contribution in [3.05, 3.63) is 60.4 Å². The van der Waals surface area contributed by atoms with E-state index < -0.39 is 0 Å². The number of hydrogen-bond donors (Lipinski definition) is 0. The van der Waals surface area contributed by atoms with Gasteiger partial charge >= 0.3 is 0 Å². The second-order valence-electron chi connectivity index (χ2n) is 4.49. The minimum Gasteiger partial charge on any atom is -0.497 e. The van der Waals surface area contributed by atoms with Crippen LogP contribution in [0.1, 0.15) is 5.56 Å². The Morgan fingerprint density at radius 1 is 0.944 bits per heavy atom. The molecule has 90 valence electrons. The van der Waals surface area contributed by atoms with E-state index >= 15 is 0 Å². The first-order chi connectivity index (χ1) is 8.76. The highest BCUT2D eigenvalue weighted by molar-refractivity contribution is 5.71. The topological polar surface area (TPSA) is 13.6 Å². The van der Waals surface area contributed by atoms with Crippen molar-refractivity contribution < 1.29 is 4.74 Å². The monoisotopic (exact) mass is 237 g/mol. The molecule has 0 aliphatic carbocycles. The Hall–Kier alpha value is -2.22. The number of aromatic nitrogens is 1. The molecule has 3 rings (SSSR count). The SMILES string of the molecule is COc1ccc(-c2cc3cc(C)ccn3c2)cc1. The van der Waals surface area contributed by atoms with Crippen molar-refractivity contribution >= 4 is 5.52 Å². The van der Waals surface area contributed by atoms with Gasteiger partial charge < -0.3 is 9.14 Å². The van der Waals surface area contributed by atoms with E-state index in [-0.39, 0.29) is 0 Å². The van der Waals surface area contributed by atoms with Crippen LogP contribution in [0.4, 0.5) is 0 Å². The van der Waals surface area contributed by atoms with Crippen LogP contribution in [0.25, 0.3) is 16.6 Å². The molecule has 0 aliphatic heterocycles. The van der Waals surface area contributed by atoms with Crippen molar-refractivity contribution in [2.45, 2.75) is 6.92 Å². The van der Waals surface area contributed by atoms with Gasteiger partial charge in [0, 0.05) is 23.5 Å². The second kappa shape index (κ2) is 4.22. The van der Waals surface area contributed by atoms with Crippen LogP contribution in [-0.2, 0) is 0 Å². The molecule has 0 saturated carbocycles. The number of nitrogens with zero attached hydrogens (tertiary/aromatic N) is 1. The molecule has 0 saturated heterocycles. The fraction of sp³-hybridized carbons (Fsp3) is 0.125. The molecule has 2 heterocycles. The molecule has 0 fully saturated rings. The zero-order valence-electron chi connectivity index (χ0n) is 10.6. The van der Waals surface area contributed by atoms with E-state index in [1.165, 1.54) is 22.2 Å². The van der Waals surface area contributed by atoms with Gasteiger partial charge in [-0.3, -0.25) is 0 Å². The van der Waals surface area contributed by atoms with Crippen LogP contribution in [0.15, 0.2) is 54.9 Å². The van der Waals surface area contributed by atoms with E-state index in [1.54, 1.807) is 7.11 Å². The molecule has 18 heavy (non-hydrogen) atoms. The third kappa shape index (κ3) is 1.86. The molecular weight excluding hydrogens is 222 g/mol. The summed E-state index contributed by atoms with van der Waals surface area (Å²) in [5, 5.41) is 0. The minimum absolute atomic E-state index is 0.887. The smallest absolute Gasteiger partial charge is 0.118 e. The summed E-state index contributed by atoms with van der Waals surface area (Å²) in [6.45, 7) is 2.11. The lowest BCUT2D eigenvalue weighted by Crippen LogP contribution is -1.82. The minimum atomic E-state index is 0.887. The van der Waals surface area contributed by atoms with Gasteiger partial charge in [0.15, 0.2) is 0 Å². The first-order valence-corrected chi connectivity index (χ1v) is 5.99. The highest BCUT2D eigenvalue weighted by Crippen LogP contribution is 2.25. The van der Waals surface area contributed by atoms with Gasteiger partial charge in [-0.2, -0.15) is 0 Å². The molecule has 0 unspecified atom stereocenters. The summed E-state index contributed by atoms with van der Waals surface area (Å²) in [5.41, 5.74) is 4.93. The summed E-state index contributed by atoms with van der Waals surface area (Å²) in [7, 11) is 1.68. The van der Waals surface area contributed by atoms with Gasteiger partial charge in [0.05, 0.1) is 7.11 Å². The Bertz CT molecular complexity index is 680. The number of ether oxygens (including phenoxy) is 1. The van der Waals surface area contributed by atoms with Crippen LogP contribution in [0, 0.1) is 6.92 Å². The number of pyridine rings is 1. The number of rotatable bonds is 2. The van der Waals surface area contributed by atoms with Crippen molar-refractivity contribution in [1.29, 1.82) is 0 Å². The summed E-state index contributed by atoms with van der Waals surface area (Å²) >= 11 is 0.